The molecule has 0 unspecified atom stereocenters. The molecule has 1 spiro atoms. The number of amides is 2. The number of rotatable bonds is 1. The summed E-state index contributed by atoms with van der Waals surface area (Å²) in [5, 5.41) is 8.34. The maximum Gasteiger partial charge on any atom is 0.321 e. The van der Waals surface area contributed by atoms with Crippen molar-refractivity contribution in [1.82, 2.24) is 19.7 Å². The molecule has 3 heterocycles. The van der Waals surface area contributed by atoms with Gasteiger partial charge in [-0.05, 0) is 44.1 Å². The van der Waals surface area contributed by atoms with Gasteiger partial charge in [0.05, 0.1) is 17.6 Å². The molecule has 1 aliphatic carbocycles. The molecule has 0 aromatic carbocycles. The van der Waals surface area contributed by atoms with Crippen molar-refractivity contribution in [3.05, 3.63) is 18.0 Å². The number of anilines is 1. The highest BCUT2D eigenvalue weighted by molar-refractivity contribution is 5.92. The summed E-state index contributed by atoms with van der Waals surface area (Å²) in [5.74, 6) is 0. The summed E-state index contributed by atoms with van der Waals surface area (Å²) in [6, 6.07) is 1.95. The number of nitrogens with one attached hydrogen (secondary N) is 1. The Morgan fingerprint density at radius 1 is 1.36 bits per heavy atom. The van der Waals surface area contributed by atoms with Crippen molar-refractivity contribution in [1.29, 1.82) is 0 Å². The lowest BCUT2D eigenvalue weighted by molar-refractivity contribution is 0.170. The van der Waals surface area contributed by atoms with Crippen LogP contribution in [0.15, 0.2) is 12.3 Å². The molecule has 2 aromatic rings. The summed E-state index contributed by atoms with van der Waals surface area (Å²) in [7, 11) is 1.88. The van der Waals surface area contributed by atoms with Gasteiger partial charge in [-0.2, -0.15) is 5.10 Å². The Morgan fingerprint density at radius 2 is 2.18 bits per heavy atom. The second-order valence-corrected chi connectivity index (χ2v) is 6.76. The highest BCUT2D eigenvalue weighted by Crippen LogP contribution is 2.52. The van der Waals surface area contributed by atoms with E-state index < -0.39 is 0 Å². The number of aryl methyl sites for hydroxylation is 2. The number of fused-ring (bicyclic) bond motifs is 1. The SMILES string of the molecule is Cc1nn(C)c2ncc(NC(=O)N3CCCC4(CC4)C3)cc12. The molecule has 1 saturated heterocycles. The van der Waals surface area contributed by atoms with Crippen LogP contribution in [0.25, 0.3) is 11.0 Å². The van der Waals surface area contributed by atoms with E-state index in [2.05, 4.69) is 15.4 Å². The molecule has 2 aliphatic rings. The van der Waals surface area contributed by atoms with Gasteiger partial charge >= 0.3 is 6.03 Å². The molecule has 116 valence electrons. The first-order chi connectivity index (χ1) is 10.6. The van der Waals surface area contributed by atoms with E-state index in [9.17, 15) is 4.79 Å². The molecule has 0 bridgehead atoms. The first kappa shape index (κ1) is 13.5. The number of hydrogen-bond acceptors (Lipinski definition) is 3. The van der Waals surface area contributed by atoms with Gasteiger partial charge < -0.3 is 10.2 Å². The van der Waals surface area contributed by atoms with Gasteiger partial charge in [0, 0.05) is 25.5 Å². The van der Waals surface area contributed by atoms with Gasteiger partial charge in [-0.3, -0.25) is 4.68 Å². The number of aromatic nitrogens is 3. The van der Waals surface area contributed by atoms with Crippen LogP contribution in [-0.2, 0) is 7.05 Å². The summed E-state index contributed by atoms with van der Waals surface area (Å²) in [4.78, 5) is 18.8. The van der Waals surface area contributed by atoms with Crippen molar-refractivity contribution in [2.45, 2.75) is 32.6 Å². The average Bonchev–Trinajstić information content (AvgIpc) is 3.18. The largest absolute Gasteiger partial charge is 0.324 e. The van der Waals surface area contributed by atoms with Crippen LogP contribution in [0.5, 0.6) is 0 Å². The number of piperidine rings is 1. The predicted molar refractivity (Wildman–Crippen MR) is 84.7 cm³/mol. The fraction of sp³-hybridized carbons (Fsp3) is 0.562. The number of carbonyl (C=O) groups excluding carboxylic acids is 1. The van der Waals surface area contributed by atoms with Gasteiger partial charge in [0.15, 0.2) is 5.65 Å². The zero-order chi connectivity index (χ0) is 15.3. The van der Waals surface area contributed by atoms with Crippen molar-refractivity contribution in [2.75, 3.05) is 18.4 Å². The molecule has 0 atom stereocenters. The van der Waals surface area contributed by atoms with E-state index >= 15 is 0 Å². The Labute approximate surface area is 129 Å². The average molecular weight is 299 g/mol. The summed E-state index contributed by atoms with van der Waals surface area (Å²) in [6.45, 7) is 3.71. The Kier molecular flexibility index (Phi) is 2.89. The van der Waals surface area contributed by atoms with Crippen molar-refractivity contribution in [3.63, 3.8) is 0 Å². The predicted octanol–water partition coefficient (Wildman–Crippen LogP) is 2.68. The van der Waals surface area contributed by atoms with Crippen LogP contribution in [-0.4, -0.2) is 38.8 Å². The maximum atomic E-state index is 12.5. The Bertz CT molecular complexity index is 746. The third-order valence-electron chi connectivity index (χ3n) is 5.02. The molecular weight excluding hydrogens is 278 g/mol. The molecule has 2 fully saturated rings. The van der Waals surface area contributed by atoms with E-state index in [1.807, 2.05) is 24.9 Å². The Hall–Kier alpha value is -2.11. The fourth-order valence-electron chi connectivity index (χ4n) is 3.54. The number of likely N-dealkylation sites (tertiary alicyclic amines) is 1. The molecule has 2 aromatic heterocycles. The van der Waals surface area contributed by atoms with Crippen LogP contribution in [0.4, 0.5) is 10.5 Å². The highest BCUT2D eigenvalue weighted by atomic mass is 16.2. The molecule has 1 aliphatic heterocycles. The van der Waals surface area contributed by atoms with Gasteiger partial charge in [0.25, 0.3) is 0 Å². The van der Waals surface area contributed by atoms with Gasteiger partial charge in [0.1, 0.15) is 0 Å². The van der Waals surface area contributed by atoms with Gasteiger partial charge in [0.2, 0.25) is 0 Å². The van der Waals surface area contributed by atoms with Crippen molar-refractivity contribution in [3.8, 4) is 0 Å². The molecule has 4 rings (SSSR count). The Balaban J connectivity index is 1.52. The van der Waals surface area contributed by atoms with E-state index in [1.54, 1.807) is 10.9 Å². The Morgan fingerprint density at radius 3 is 2.95 bits per heavy atom. The number of urea groups is 1. The minimum absolute atomic E-state index is 0.00586. The molecule has 2 amide bonds. The van der Waals surface area contributed by atoms with Crippen LogP contribution in [0, 0.1) is 12.3 Å². The van der Waals surface area contributed by atoms with Crippen molar-refractivity contribution >= 4 is 22.8 Å². The van der Waals surface area contributed by atoms with E-state index in [-0.39, 0.29) is 6.03 Å². The number of carbonyl (C=O) groups is 1. The van der Waals surface area contributed by atoms with Gasteiger partial charge in [-0.15, -0.1) is 0 Å². The van der Waals surface area contributed by atoms with Crippen molar-refractivity contribution in [2.24, 2.45) is 12.5 Å². The highest BCUT2D eigenvalue weighted by Gasteiger charge is 2.46. The van der Waals surface area contributed by atoms with E-state index in [0.717, 1.165) is 41.9 Å². The van der Waals surface area contributed by atoms with E-state index in [4.69, 9.17) is 0 Å². The zero-order valence-corrected chi connectivity index (χ0v) is 13.1. The molecular formula is C16H21N5O. The van der Waals surface area contributed by atoms with Crippen molar-refractivity contribution < 1.29 is 4.79 Å². The third-order valence-corrected chi connectivity index (χ3v) is 5.02. The van der Waals surface area contributed by atoms with E-state index in [0.29, 0.717) is 5.41 Å². The second-order valence-electron chi connectivity index (χ2n) is 6.76. The van der Waals surface area contributed by atoms with Crippen LogP contribution in [0.3, 0.4) is 0 Å². The fourth-order valence-corrected chi connectivity index (χ4v) is 3.54. The lowest BCUT2D eigenvalue weighted by Gasteiger charge is -2.32. The summed E-state index contributed by atoms with van der Waals surface area (Å²) < 4.78 is 1.76. The van der Waals surface area contributed by atoms with Crippen LogP contribution < -0.4 is 5.32 Å². The molecule has 0 radical (unpaired) electrons. The molecule has 22 heavy (non-hydrogen) atoms. The minimum atomic E-state index is -0.00586. The van der Waals surface area contributed by atoms with Crippen LogP contribution in [0.1, 0.15) is 31.4 Å². The lowest BCUT2D eigenvalue weighted by atomic mass is 9.95. The third kappa shape index (κ3) is 2.23. The minimum Gasteiger partial charge on any atom is -0.324 e. The first-order valence-corrected chi connectivity index (χ1v) is 7.92. The number of pyridine rings is 1. The first-order valence-electron chi connectivity index (χ1n) is 7.92. The summed E-state index contributed by atoms with van der Waals surface area (Å²) in [5.41, 5.74) is 2.95. The van der Waals surface area contributed by atoms with Crippen LogP contribution in [0.2, 0.25) is 0 Å². The van der Waals surface area contributed by atoms with Gasteiger partial charge in [-0.25, -0.2) is 9.78 Å². The number of nitrogens with zero attached hydrogens (tertiary/aromatic N) is 4. The summed E-state index contributed by atoms with van der Waals surface area (Å²) in [6.07, 6.45) is 6.65. The quantitative estimate of drug-likeness (QED) is 0.880. The smallest absolute Gasteiger partial charge is 0.321 e. The number of hydrogen-bond donors (Lipinski definition) is 1. The topological polar surface area (TPSA) is 63.1 Å². The summed E-state index contributed by atoms with van der Waals surface area (Å²) >= 11 is 0. The molecule has 6 heteroatoms. The molecule has 1 N–H and O–H groups in total. The zero-order valence-electron chi connectivity index (χ0n) is 13.1. The normalized spacial score (nSPS) is 19.6. The van der Waals surface area contributed by atoms with E-state index in [1.165, 1.54) is 19.3 Å². The maximum absolute atomic E-state index is 12.5. The standard InChI is InChI=1S/C16H21N5O/c1-11-13-8-12(9-17-14(13)20(2)19-11)18-15(22)21-7-3-4-16(10-21)5-6-16/h8-9H,3-7,10H2,1-2H3,(H,18,22). The van der Waals surface area contributed by atoms with Crippen LogP contribution >= 0.6 is 0 Å². The lowest BCUT2D eigenvalue weighted by Crippen LogP contribution is -2.43. The second kappa shape index (κ2) is 4.69. The monoisotopic (exact) mass is 299 g/mol. The van der Waals surface area contributed by atoms with Gasteiger partial charge in [-0.1, -0.05) is 0 Å². The molecule has 1 saturated carbocycles. The molecule has 6 nitrogen and oxygen atoms in total.